The molecule has 1 N–H and O–H groups in total. The summed E-state index contributed by atoms with van der Waals surface area (Å²) in [5, 5.41) is 8.04. The summed E-state index contributed by atoms with van der Waals surface area (Å²) >= 11 is 12.3. The molecule has 0 aliphatic carbocycles. The monoisotopic (exact) mass is 421 g/mol. The number of likely N-dealkylation sites (tertiary alicyclic amines) is 2. The van der Waals surface area contributed by atoms with Crippen LogP contribution >= 0.6 is 23.2 Å². The number of nitrogens with one attached hydrogen (secondary N) is 1. The van der Waals surface area contributed by atoms with Crippen LogP contribution in [0.2, 0.25) is 10.0 Å². The number of fused-ring (bicyclic) bond motifs is 1. The number of benzene rings is 1. The molecule has 0 spiro atoms. The molecule has 0 bridgehead atoms. The maximum absolute atomic E-state index is 12.7. The van der Waals surface area contributed by atoms with E-state index in [1.807, 2.05) is 17.0 Å². The van der Waals surface area contributed by atoms with E-state index in [9.17, 15) is 9.59 Å². The Morgan fingerprint density at radius 3 is 2.50 bits per heavy atom. The molecule has 2 aliphatic heterocycles. The lowest BCUT2D eigenvalue weighted by atomic mass is 10.0. The normalized spacial score (nSPS) is 21.8. The average Bonchev–Trinajstić information content (AvgIpc) is 3.31. The Kier molecular flexibility index (Phi) is 5.31. The van der Waals surface area contributed by atoms with Gasteiger partial charge in [0, 0.05) is 62.0 Å². The van der Waals surface area contributed by atoms with Crippen molar-refractivity contribution >= 4 is 41.0 Å². The predicted octanol–water partition coefficient (Wildman–Crippen LogP) is 3.18. The Morgan fingerprint density at radius 2 is 1.86 bits per heavy atom. The minimum atomic E-state index is -0.214. The lowest BCUT2D eigenvalue weighted by molar-refractivity contribution is -0.114. The SMILES string of the molecule is CC(=O)Nc1ccn(C(=O)N2CC3CN(Cc4ccc(Cl)cc4Cl)CC3C2)n1. The third-order valence-electron chi connectivity index (χ3n) is 5.33. The summed E-state index contributed by atoms with van der Waals surface area (Å²) in [6, 6.07) is 7.07. The number of hydrogen-bond acceptors (Lipinski definition) is 4. The number of nitrogens with zero attached hydrogens (tertiary/aromatic N) is 4. The van der Waals surface area contributed by atoms with Crippen LogP contribution in [0, 0.1) is 11.8 Å². The van der Waals surface area contributed by atoms with E-state index in [2.05, 4.69) is 15.3 Å². The van der Waals surface area contributed by atoms with Crippen molar-refractivity contribution in [2.45, 2.75) is 13.5 Å². The highest BCUT2D eigenvalue weighted by molar-refractivity contribution is 6.35. The first-order valence-corrected chi connectivity index (χ1v) is 9.93. The molecule has 2 atom stereocenters. The lowest BCUT2D eigenvalue weighted by Gasteiger charge is -2.21. The Labute approximate surface area is 173 Å². The number of halogens is 2. The molecular formula is C19H21Cl2N5O2. The van der Waals surface area contributed by atoms with E-state index in [-0.39, 0.29) is 11.9 Å². The van der Waals surface area contributed by atoms with Gasteiger partial charge in [-0.15, -0.1) is 5.10 Å². The highest BCUT2D eigenvalue weighted by Gasteiger charge is 2.42. The minimum Gasteiger partial charge on any atom is -0.322 e. The summed E-state index contributed by atoms with van der Waals surface area (Å²) in [5.41, 5.74) is 1.07. The summed E-state index contributed by atoms with van der Waals surface area (Å²) in [5.74, 6) is 1.06. The Morgan fingerprint density at radius 1 is 1.14 bits per heavy atom. The molecule has 2 saturated heterocycles. The summed E-state index contributed by atoms with van der Waals surface area (Å²) in [6.45, 7) is 5.49. The van der Waals surface area contributed by atoms with Gasteiger partial charge in [-0.25, -0.2) is 4.79 Å². The molecule has 0 saturated carbocycles. The van der Waals surface area contributed by atoms with E-state index in [1.165, 1.54) is 11.6 Å². The van der Waals surface area contributed by atoms with Gasteiger partial charge in [-0.1, -0.05) is 29.3 Å². The Hall–Kier alpha value is -2.09. The summed E-state index contributed by atoms with van der Waals surface area (Å²) in [4.78, 5) is 28.0. The number of hydrogen-bond donors (Lipinski definition) is 1. The second kappa shape index (κ2) is 7.73. The molecular weight excluding hydrogens is 401 g/mol. The molecule has 1 aromatic carbocycles. The van der Waals surface area contributed by atoms with E-state index in [4.69, 9.17) is 23.2 Å². The van der Waals surface area contributed by atoms with Crippen molar-refractivity contribution in [2.75, 3.05) is 31.5 Å². The average molecular weight is 422 g/mol. The van der Waals surface area contributed by atoms with Gasteiger partial charge in [-0.05, 0) is 29.5 Å². The van der Waals surface area contributed by atoms with Crippen LogP contribution in [0.25, 0.3) is 0 Å². The van der Waals surface area contributed by atoms with Crippen molar-refractivity contribution < 1.29 is 9.59 Å². The second-order valence-corrected chi connectivity index (χ2v) is 8.31. The van der Waals surface area contributed by atoms with Crippen LogP contribution in [0.5, 0.6) is 0 Å². The van der Waals surface area contributed by atoms with Crippen molar-refractivity contribution in [3.63, 3.8) is 0 Å². The molecule has 4 rings (SSSR count). The second-order valence-electron chi connectivity index (χ2n) is 7.46. The summed E-state index contributed by atoms with van der Waals surface area (Å²) in [7, 11) is 0. The zero-order valence-corrected chi connectivity index (χ0v) is 17.0. The summed E-state index contributed by atoms with van der Waals surface area (Å²) in [6.07, 6.45) is 1.58. The van der Waals surface area contributed by atoms with Crippen LogP contribution in [0.4, 0.5) is 10.6 Å². The fourth-order valence-corrected chi connectivity index (χ4v) is 4.56. The van der Waals surface area contributed by atoms with E-state index >= 15 is 0 Å². The molecule has 3 heterocycles. The van der Waals surface area contributed by atoms with Gasteiger partial charge in [0.25, 0.3) is 0 Å². The highest BCUT2D eigenvalue weighted by Crippen LogP contribution is 2.33. The zero-order valence-electron chi connectivity index (χ0n) is 15.4. The molecule has 2 unspecified atom stereocenters. The highest BCUT2D eigenvalue weighted by atomic mass is 35.5. The first kappa shape index (κ1) is 19.2. The molecule has 2 amide bonds. The van der Waals surface area contributed by atoms with Crippen LogP contribution in [-0.2, 0) is 11.3 Å². The van der Waals surface area contributed by atoms with E-state index in [1.54, 1.807) is 18.3 Å². The quantitative estimate of drug-likeness (QED) is 0.825. The molecule has 1 aromatic heterocycles. The maximum atomic E-state index is 12.7. The number of aromatic nitrogens is 2. The topological polar surface area (TPSA) is 70.5 Å². The van der Waals surface area contributed by atoms with Gasteiger partial charge in [0.2, 0.25) is 5.91 Å². The van der Waals surface area contributed by atoms with E-state index < -0.39 is 0 Å². The summed E-state index contributed by atoms with van der Waals surface area (Å²) < 4.78 is 1.29. The predicted molar refractivity (Wildman–Crippen MR) is 108 cm³/mol. The first-order chi connectivity index (χ1) is 13.4. The van der Waals surface area contributed by atoms with Crippen LogP contribution in [-0.4, -0.2) is 57.7 Å². The van der Waals surface area contributed by atoms with E-state index in [0.717, 1.165) is 25.2 Å². The molecule has 7 nitrogen and oxygen atoms in total. The molecule has 148 valence electrons. The van der Waals surface area contributed by atoms with Crippen LogP contribution in [0.15, 0.2) is 30.5 Å². The third kappa shape index (κ3) is 4.01. The number of anilines is 1. The van der Waals surface area contributed by atoms with Crippen molar-refractivity contribution in [1.29, 1.82) is 0 Å². The van der Waals surface area contributed by atoms with Gasteiger partial charge in [0.05, 0.1) is 0 Å². The third-order valence-corrected chi connectivity index (χ3v) is 5.92. The zero-order chi connectivity index (χ0) is 19.8. The molecule has 9 heteroatoms. The number of carbonyl (C=O) groups excluding carboxylic acids is 2. The van der Waals surface area contributed by atoms with Crippen LogP contribution < -0.4 is 5.32 Å². The van der Waals surface area contributed by atoms with E-state index in [0.29, 0.717) is 40.8 Å². The Balaban J connectivity index is 1.34. The minimum absolute atomic E-state index is 0.154. The fraction of sp³-hybridized carbons (Fsp3) is 0.421. The number of rotatable bonds is 3. The molecule has 28 heavy (non-hydrogen) atoms. The molecule has 2 fully saturated rings. The van der Waals surface area contributed by atoms with Crippen LogP contribution in [0.3, 0.4) is 0 Å². The van der Waals surface area contributed by atoms with Gasteiger partial charge in [-0.2, -0.15) is 4.68 Å². The molecule has 2 aliphatic rings. The van der Waals surface area contributed by atoms with Crippen molar-refractivity contribution in [1.82, 2.24) is 19.6 Å². The first-order valence-electron chi connectivity index (χ1n) is 9.18. The smallest absolute Gasteiger partial charge is 0.322 e. The number of amides is 2. The standard InChI is InChI=1S/C19H21Cl2N5O2/c1-12(27)22-18-4-5-26(23-18)19(28)25-10-14-8-24(9-15(14)11-25)7-13-2-3-16(20)6-17(13)21/h2-6,14-15H,7-11H2,1H3,(H,22,23,27). The van der Waals surface area contributed by atoms with Gasteiger partial charge >= 0.3 is 6.03 Å². The number of carbonyl (C=O) groups is 2. The van der Waals surface area contributed by atoms with Crippen molar-refractivity contribution in [2.24, 2.45) is 11.8 Å². The molecule has 0 radical (unpaired) electrons. The van der Waals surface area contributed by atoms with Gasteiger partial charge in [0.1, 0.15) is 0 Å². The fourth-order valence-electron chi connectivity index (χ4n) is 4.09. The van der Waals surface area contributed by atoms with Gasteiger partial charge < -0.3 is 10.2 Å². The van der Waals surface area contributed by atoms with Gasteiger partial charge in [0.15, 0.2) is 5.82 Å². The lowest BCUT2D eigenvalue weighted by Crippen LogP contribution is -2.36. The Bertz CT molecular complexity index is 901. The largest absolute Gasteiger partial charge is 0.344 e. The van der Waals surface area contributed by atoms with Crippen molar-refractivity contribution in [3.05, 3.63) is 46.1 Å². The van der Waals surface area contributed by atoms with Gasteiger partial charge in [-0.3, -0.25) is 9.69 Å². The van der Waals surface area contributed by atoms with Crippen molar-refractivity contribution in [3.8, 4) is 0 Å². The van der Waals surface area contributed by atoms with Crippen LogP contribution in [0.1, 0.15) is 12.5 Å². The maximum Gasteiger partial charge on any atom is 0.344 e. The molecule has 2 aromatic rings.